The van der Waals surface area contributed by atoms with Crippen LogP contribution in [0.15, 0.2) is 29.3 Å². The molecule has 1 amide bonds. The molecule has 0 bridgehead atoms. The Morgan fingerprint density at radius 3 is 2.41 bits per heavy atom. The molecule has 0 aliphatic heterocycles. The minimum Gasteiger partial charge on any atom is -0.355 e. The Labute approximate surface area is 136 Å². The van der Waals surface area contributed by atoms with E-state index in [-0.39, 0.29) is 11.3 Å². The molecular weight excluding hydrogens is 298 g/mol. The monoisotopic (exact) mass is 321 g/mol. The largest absolute Gasteiger partial charge is 0.355 e. The van der Waals surface area contributed by atoms with Gasteiger partial charge in [-0.15, -0.1) is 0 Å². The third-order valence-corrected chi connectivity index (χ3v) is 4.26. The van der Waals surface area contributed by atoms with Crippen molar-refractivity contribution in [3.05, 3.63) is 29.8 Å². The average molecular weight is 321 g/mol. The Balaban J connectivity index is 2.94. The van der Waals surface area contributed by atoms with Gasteiger partial charge in [0.2, 0.25) is 6.41 Å². The normalized spacial score (nSPS) is 12.9. The van der Waals surface area contributed by atoms with E-state index in [1.54, 1.807) is 12.1 Å². The number of hydrogen-bond acceptors (Lipinski definition) is 4. The second-order valence-electron chi connectivity index (χ2n) is 5.08. The van der Waals surface area contributed by atoms with Gasteiger partial charge >= 0.3 is 0 Å². The molecule has 0 saturated heterocycles. The smallest absolute Gasteiger partial charge is 0.211 e. The van der Waals surface area contributed by atoms with Crippen LogP contribution in [0.5, 0.6) is 0 Å². The van der Waals surface area contributed by atoms with Crippen LogP contribution in [0.2, 0.25) is 0 Å². The molecule has 1 atom stereocenters. The van der Waals surface area contributed by atoms with E-state index in [1.807, 2.05) is 44.9 Å². The Morgan fingerprint density at radius 2 is 1.95 bits per heavy atom. The number of nitrogens with one attached hydrogen (secondary N) is 1. The summed E-state index contributed by atoms with van der Waals surface area (Å²) in [5.74, 6) is 0. The van der Waals surface area contributed by atoms with Crippen molar-refractivity contribution >= 4 is 35.3 Å². The molecule has 22 heavy (non-hydrogen) atoms. The quantitative estimate of drug-likeness (QED) is 0.476. The number of aliphatic imine (C=N–C) groups is 1. The maximum Gasteiger partial charge on any atom is 0.211 e. The Morgan fingerprint density at radius 1 is 1.32 bits per heavy atom. The van der Waals surface area contributed by atoms with Crippen LogP contribution in [0, 0.1) is 0 Å². The predicted octanol–water partition coefficient (Wildman–Crippen LogP) is 2.94. The standard InChI is InChI=1S/C16H23N3O2S/c1-5-19(4)16(18-12(2)3)22-15(10-20)13-6-8-14(9-7-13)17-11-21/h6-12,15H,5H2,1-4H3,(H,17,21). The van der Waals surface area contributed by atoms with Gasteiger partial charge in [0.1, 0.15) is 6.29 Å². The summed E-state index contributed by atoms with van der Waals surface area (Å²) in [6.45, 7) is 6.90. The number of rotatable bonds is 7. The molecule has 0 radical (unpaired) electrons. The Kier molecular flexibility index (Phi) is 7.66. The number of amidine groups is 1. The second kappa shape index (κ2) is 9.25. The van der Waals surface area contributed by atoms with Gasteiger partial charge in [-0.2, -0.15) is 0 Å². The van der Waals surface area contributed by atoms with Crippen LogP contribution in [0.4, 0.5) is 5.69 Å². The van der Waals surface area contributed by atoms with Gasteiger partial charge in [-0.1, -0.05) is 23.9 Å². The molecule has 0 heterocycles. The van der Waals surface area contributed by atoms with Crippen molar-refractivity contribution in [3.8, 4) is 0 Å². The van der Waals surface area contributed by atoms with Crippen molar-refractivity contribution in [3.63, 3.8) is 0 Å². The van der Waals surface area contributed by atoms with Crippen molar-refractivity contribution in [2.75, 3.05) is 18.9 Å². The lowest BCUT2D eigenvalue weighted by atomic mass is 10.1. The molecular formula is C16H23N3O2S. The summed E-state index contributed by atoms with van der Waals surface area (Å²) in [7, 11) is 1.97. The number of nitrogens with zero attached hydrogens (tertiary/aromatic N) is 2. The minimum atomic E-state index is -0.322. The van der Waals surface area contributed by atoms with Crippen molar-refractivity contribution < 1.29 is 9.59 Å². The van der Waals surface area contributed by atoms with Gasteiger partial charge < -0.3 is 15.0 Å². The van der Waals surface area contributed by atoms with Crippen molar-refractivity contribution in [1.29, 1.82) is 0 Å². The zero-order chi connectivity index (χ0) is 16.5. The molecule has 0 aromatic heterocycles. The summed E-state index contributed by atoms with van der Waals surface area (Å²) < 4.78 is 0. The van der Waals surface area contributed by atoms with E-state index in [0.29, 0.717) is 12.1 Å². The highest BCUT2D eigenvalue weighted by molar-refractivity contribution is 8.14. The number of hydrogen-bond donors (Lipinski definition) is 1. The van der Waals surface area contributed by atoms with Gasteiger partial charge in [-0.05, 0) is 38.5 Å². The summed E-state index contributed by atoms with van der Waals surface area (Å²) in [5.41, 5.74) is 1.59. The molecule has 120 valence electrons. The lowest BCUT2D eigenvalue weighted by Gasteiger charge is -2.22. The molecule has 1 aromatic carbocycles. The van der Waals surface area contributed by atoms with Gasteiger partial charge in [0, 0.05) is 25.3 Å². The molecule has 0 aliphatic carbocycles. The summed E-state index contributed by atoms with van der Waals surface area (Å²) >= 11 is 1.44. The highest BCUT2D eigenvalue weighted by Gasteiger charge is 2.17. The number of aldehydes is 1. The number of benzene rings is 1. The molecule has 0 aliphatic rings. The van der Waals surface area contributed by atoms with Crippen molar-refractivity contribution in [2.24, 2.45) is 4.99 Å². The fourth-order valence-electron chi connectivity index (χ4n) is 1.70. The zero-order valence-corrected chi connectivity index (χ0v) is 14.3. The fourth-order valence-corrected chi connectivity index (χ4v) is 2.86. The van der Waals surface area contributed by atoms with Crippen LogP contribution in [0.3, 0.4) is 0 Å². The van der Waals surface area contributed by atoms with Crippen LogP contribution in [-0.4, -0.2) is 42.4 Å². The highest BCUT2D eigenvalue weighted by Crippen LogP contribution is 2.30. The van der Waals surface area contributed by atoms with Gasteiger partial charge in [-0.25, -0.2) is 0 Å². The molecule has 5 nitrogen and oxygen atoms in total. The first-order valence-corrected chi connectivity index (χ1v) is 8.10. The maximum absolute atomic E-state index is 11.5. The molecule has 0 saturated carbocycles. The van der Waals surface area contributed by atoms with E-state index in [4.69, 9.17) is 0 Å². The molecule has 1 rings (SSSR count). The number of amides is 1. The molecule has 0 fully saturated rings. The van der Waals surface area contributed by atoms with Gasteiger partial charge in [-0.3, -0.25) is 9.79 Å². The second-order valence-corrected chi connectivity index (χ2v) is 6.19. The van der Waals surface area contributed by atoms with Crippen LogP contribution >= 0.6 is 11.8 Å². The van der Waals surface area contributed by atoms with E-state index >= 15 is 0 Å². The summed E-state index contributed by atoms with van der Waals surface area (Å²) in [6, 6.07) is 7.42. The van der Waals surface area contributed by atoms with E-state index in [1.165, 1.54) is 11.8 Å². The molecule has 1 N–H and O–H groups in total. The number of carbonyl (C=O) groups is 2. The van der Waals surface area contributed by atoms with Gasteiger partial charge in [0.15, 0.2) is 5.17 Å². The van der Waals surface area contributed by atoms with Crippen molar-refractivity contribution in [2.45, 2.75) is 32.1 Å². The third-order valence-electron chi connectivity index (χ3n) is 2.99. The van der Waals surface area contributed by atoms with Crippen LogP contribution in [-0.2, 0) is 9.59 Å². The molecule has 1 unspecified atom stereocenters. The topological polar surface area (TPSA) is 61.8 Å². The lowest BCUT2D eigenvalue weighted by molar-refractivity contribution is -0.107. The van der Waals surface area contributed by atoms with E-state index < -0.39 is 0 Å². The van der Waals surface area contributed by atoms with Crippen LogP contribution in [0.25, 0.3) is 0 Å². The summed E-state index contributed by atoms with van der Waals surface area (Å²) in [6.07, 6.45) is 1.55. The first-order valence-electron chi connectivity index (χ1n) is 7.22. The average Bonchev–Trinajstić information content (AvgIpc) is 2.51. The van der Waals surface area contributed by atoms with Gasteiger partial charge in [0.05, 0.1) is 5.25 Å². The number of carbonyl (C=O) groups excluding carboxylic acids is 2. The lowest BCUT2D eigenvalue weighted by Crippen LogP contribution is -2.26. The summed E-state index contributed by atoms with van der Waals surface area (Å²) in [5, 5.41) is 3.11. The Hall–Kier alpha value is -1.82. The number of anilines is 1. The fraction of sp³-hybridized carbons (Fsp3) is 0.438. The first-order chi connectivity index (χ1) is 10.5. The van der Waals surface area contributed by atoms with Crippen LogP contribution < -0.4 is 5.32 Å². The van der Waals surface area contributed by atoms with Crippen LogP contribution in [0.1, 0.15) is 31.6 Å². The molecule has 0 spiro atoms. The van der Waals surface area contributed by atoms with E-state index in [9.17, 15) is 9.59 Å². The minimum absolute atomic E-state index is 0.169. The van der Waals surface area contributed by atoms with Crippen molar-refractivity contribution in [1.82, 2.24) is 4.90 Å². The first kappa shape index (κ1) is 18.2. The Bertz CT molecular complexity index is 515. The SMILES string of the molecule is CCN(C)C(=NC(C)C)SC(C=O)c1ccc(NC=O)cc1. The van der Waals surface area contributed by atoms with E-state index in [0.717, 1.165) is 23.6 Å². The zero-order valence-electron chi connectivity index (χ0n) is 13.4. The molecule has 1 aromatic rings. The number of thioether (sulfide) groups is 1. The maximum atomic E-state index is 11.5. The molecule has 6 heteroatoms. The van der Waals surface area contributed by atoms with E-state index in [2.05, 4.69) is 10.3 Å². The highest BCUT2D eigenvalue weighted by atomic mass is 32.2. The third kappa shape index (κ3) is 5.52. The summed E-state index contributed by atoms with van der Waals surface area (Å²) in [4.78, 5) is 28.5. The van der Waals surface area contributed by atoms with Gasteiger partial charge in [0.25, 0.3) is 0 Å². The predicted molar refractivity (Wildman–Crippen MR) is 93.4 cm³/mol.